The van der Waals surface area contributed by atoms with Gasteiger partial charge in [0.2, 0.25) is 0 Å². The minimum Gasteiger partial charge on any atom is -0.506 e. The minimum absolute atomic E-state index is 0.0369. The summed E-state index contributed by atoms with van der Waals surface area (Å²) in [6.07, 6.45) is 3.82. The summed E-state index contributed by atoms with van der Waals surface area (Å²) in [5.74, 6) is -2.63. The average Bonchev–Trinajstić information content (AvgIpc) is 3.06. The zero-order valence-corrected chi connectivity index (χ0v) is 13.9. The maximum absolute atomic E-state index is 14.3. The standard InChI is InChI=1S/C14H17FN4O5S/c15-10-5-9(17-14(22)16-8-3-1-2-4-8)6-11(20)13(10)19-7-12(21)18-25(19,23)24/h5-6,8,20H,1-4,7H2,(H,18,21)(H2,16,17,22). The number of nitrogens with zero attached hydrogens (tertiary/aromatic N) is 1. The molecule has 3 amide bonds. The van der Waals surface area contributed by atoms with Gasteiger partial charge in [0.25, 0.3) is 5.91 Å². The van der Waals surface area contributed by atoms with Crippen molar-refractivity contribution in [1.29, 1.82) is 0 Å². The zero-order valence-electron chi connectivity index (χ0n) is 13.1. The summed E-state index contributed by atoms with van der Waals surface area (Å²) in [7, 11) is -4.25. The van der Waals surface area contributed by atoms with E-state index in [1.807, 2.05) is 0 Å². The summed E-state index contributed by atoms with van der Waals surface area (Å²) in [5, 5.41) is 15.1. The lowest BCUT2D eigenvalue weighted by molar-refractivity contribution is -0.117. The summed E-state index contributed by atoms with van der Waals surface area (Å²) in [6, 6.07) is 1.42. The number of aromatic hydroxyl groups is 1. The third kappa shape index (κ3) is 3.60. The van der Waals surface area contributed by atoms with E-state index in [-0.39, 0.29) is 11.7 Å². The van der Waals surface area contributed by atoms with Gasteiger partial charge < -0.3 is 15.7 Å². The Morgan fingerprint density at radius 3 is 2.56 bits per heavy atom. The van der Waals surface area contributed by atoms with Crippen LogP contribution in [0.5, 0.6) is 5.75 Å². The van der Waals surface area contributed by atoms with Gasteiger partial charge in [-0.15, -0.1) is 0 Å². The fourth-order valence-corrected chi connectivity index (χ4v) is 4.14. The lowest BCUT2D eigenvalue weighted by Gasteiger charge is -2.18. The highest BCUT2D eigenvalue weighted by atomic mass is 32.2. The van der Waals surface area contributed by atoms with Gasteiger partial charge >= 0.3 is 16.2 Å². The number of hydrogen-bond acceptors (Lipinski definition) is 5. The fourth-order valence-electron chi connectivity index (χ4n) is 2.97. The van der Waals surface area contributed by atoms with Gasteiger partial charge in [-0.05, 0) is 18.9 Å². The van der Waals surface area contributed by atoms with E-state index in [0.717, 1.165) is 37.8 Å². The Labute approximate surface area is 143 Å². The number of phenolic OH excluding ortho intramolecular Hbond substituents is 1. The normalized spacial score (nSPS) is 19.7. The number of benzene rings is 1. The molecular formula is C14H17FN4O5S. The number of halogens is 1. The fraction of sp³-hybridized carbons (Fsp3) is 0.429. The maximum Gasteiger partial charge on any atom is 0.326 e. The molecule has 1 aromatic rings. The Morgan fingerprint density at radius 1 is 1.32 bits per heavy atom. The SMILES string of the molecule is O=C1CN(c2c(O)cc(NC(=O)NC3CCCC3)cc2F)S(=O)(=O)N1. The first kappa shape index (κ1) is 17.3. The third-order valence-electron chi connectivity index (χ3n) is 4.06. The molecule has 0 radical (unpaired) electrons. The van der Waals surface area contributed by atoms with E-state index in [9.17, 15) is 27.5 Å². The molecule has 1 aliphatic carbocycles. The highest BCUT2D eigenvalue weighted by Crippen LogP contribution is 2.36. The highest BCUT2D eigenvalue weighted by molar-refractivity contribution is 7.92. The predicted molar refractivity (Wildman–Crippen MR) is 86.9 cm³/mol. The summed E-state index contributed by atoms with van der Waals surface area (Å²) in [5.41, 5.74) is -0.690. The molecule has 2 fully saturated rings. The van der Waals surface area contributed by atoms with Crippen LogP contribution in [0.25, 0.3) is 0 Å². The first-order valence-electron chi connectivity index (χ1n) is 7.69. The molecule has 0 atom stereocenters. The maximum atomic E-state index is 14.3. The summed E-state index contributed by atoms with van der Waals surface area (Å²) >= 11 is 0. The van der Waals surface area contributed by atoms with Crippen LogP contribution >= 0.6 is 0 Å². The van der Waals surface area contributed by atoms with Crippen molar-refractivity contribution < 1.29 is 27.5 Å². The molecule has 136 valence electrons. The van der Waals surface area contributed by atoms with E-state index < -0.39 is 45.9 Å². The lowest BCUT2D eigenvalue weighted by Crippen LogP contribution is -2.36. The summed E-state index contributed by atoms with van der Waals surface area (Å²) < 4.78 is 40.0. The van der Waals surface area contributed by atoms with Gasteiger partial charge in [-0.1, -0.05) is 12.8 Å². The molecule has 1 saturated heterocycles. The molecule has 25 heavy (non-hydrogen) atoms. The van der Waals surface area contributed by atoms with Crippen LogP contribution in [-0.2, 0) is 15.0 Å². The van der Waals surface area contributed by atoms with Crippen LogP contribution in [0.4, 0.5) is 20.6 Å². The van der Waals surface area contributed by atoms with Crippen LogP contribution < -0.4 is 19.7 Å². The van der Waals surface area contributed by atoms with Gasteiger partial charge in [-0.2, -0.15) is 8.42 Å². The van der Waals surface area contributed by atoms with E-state index in [1.165, 1.54) is 0 Å². The van der Waals surface area contributed by atoms with Crippen LogP contribution in [-0.4, -0.2) is 38.0 Å². The van der Waals surface area contributed by atoms with Crippen molar-refractivity contribution in [2.75, 3.05) is 16.2 Å². The van der Waals surface area contributed by atoms with Crippen LogP contribution in [0.15, 0.2) is 12.1 Å². The van der Waals surface area contributed by atoms with E-state index >= 15 is 0 Å². The monoisotopic (exact) mass is 372 g/mol. The lowest BCUT2D eigenvalue weighted by atomic mass is 10.2. The van der Waals surface area contributed by atoms with E-state index in [1.54, 1.807) is 4.72 Å². The number of anilines is 2. The molecule has 0 spiro atoms. The van der Waals surface area contributed by atoms with Gasteiger partial charge in [0, 0.05) is 17.8 Å². The second-order valence-corrected chi connectivity index (χ2v) is 7.54. The largest absolute Gasteiger partial charge is 0.506 e. The number of hydrogen-bond donors (Lipinski definition) is 4. The Morgan fingerprint density at radius 2 is 2.00 bits per heavy atom. The van der Waals surface area contributed by atoms with Gasteiger partial charge in [-0.25, -0.2) is 18.2 Å². The topological polar surface area (TPSA) is 128 Å². The summed E-state index contributed by atoms with van der Waals surface area (Å²) in [6.45, 7) is -0.637. The van der Waals surface area contributed by atoms with Crippen LogP contribution in [0, 0.1) is 5.82 Å². The molecule has 0 bridgehead atoms. The Hall–Kier alpha value is -2.56. The molecule has 3 rings (SSSR count). The van der Waals surface area contributed by atoms with Crippen LogP contribution in [0.1, 0.15) is 25.7 Å². The van der Waals surface area contributed by atoms with Crippen molar-refractivity contribution in [3.05, 3.63) is 17.9 Å². The molecule has 0 unspecified atom stereocenters. The first-order valence-corrected chi connectivity index (χ1v) is 9.13. The van der Waals surface area contributed by atoms with Crippen molar-refractivity contribution in [2.45, 2.75) is 31.7 Å². The van der Waals surface area contributed by atoms with E-state index in [0.29, 0.717) is 4.31 Å². The van der Waals surface area contributed by atoms with Crippen LogP contribution in [0.3, 0.4) is 0 Å². The molecule has 1 saturated carbocycles. The highest BCUT2D eigenvalue weighted by Gasteiger charge is 2.37. The number of urea groups is 1. The number of phenols is 1. The number of rotatable bonds is 3. The first-order chi connectivity index (χ1) is 11.8. The second-order valence-electron chi connectivity index (χ2n) is 5.94. The molecule has 0 aromatic heterocycles. The van der Waals surface area contributed by atoms with Crippen molar-refractivity contribution in [1.82, 2.24) is 10.0 Å². The number of amides is 3. The molecular weight excluding hydrogens is 355 g/mol. The molecule has 1 aromatic carbocycles. The number of nitrogens with one attached hydrogen (secondary N) is 3. The van der Waals surface area contributed by atoms with Gasteiger partial charge in [-0.3, -0.25) is 4.79 Å². The molecule has 11 heteroatoms. The van der Waals surface area contributed by atoms with Gasteiger partial charge in [0.15, 0.2) is 5.82 Å². The third-order valence-corrected chi connectivity index (χ3v) is 5.44. The Bertz CT molecular complexity index is 800. The minimum atomic E-state index is -4.25. The number of carbonyl (C=O) groups is 2. The van der Waals surface area contributed by atoms with Crippen molar-refractivity contribution in [2.24, 2.45) is 0 Å². The molecule has 2 aliphatic rings. The van der Waals surface area contributed by atoms with Crippen molar-refractivity contribution in [3.63, 3.8) is 0 Å². The van der Waals surface area contributed by atoms with Gasteiger partial charge in [0.1, 0.15) is 18.0 Å². The van der Waals surface area contributed by atoms with E-state index in [2.05, 4.69) is 10.6 Å². The Kier molecular flexibility index (Phi) is 4.41. The van der Waals surface area contributed by atoms with Crippen molar-refractivity contribution >= 4 is 33.5 Å². The molecule has 4 N–H and O–H groups in total. The summed E-state index contributed by atoms with van der Waals surface area (Å²) in [4.78, 5) is 23.1. The molecule has 9 nitrogen and oxygen atoms in total. The average molecular weight is 372 g/mol. The molecule has 1 aliphatic heterocycles. The van der Waals surface area contributed by atoms with Crippen LogP contribution in [0.2, 0.25) is 0 Å². The van der Waals surface area contributed by atoms with Crippen molar-refractivity contribution in [3.8, 4) is 5.75 Å². The quantitative estimate of drug-likeness (QED) is 0.623. The zero-order chi connectivity index (χ0) is 18.2. The Balaban J connectivity index is 1.78. The second kappa shape index (κ2) is 6.39. The van der Waals surface area contributed by atoms with Gasteiger partial charge in [0.05, 0.1) is 0 Å². The smallest absolute Gasteiger partial charge is 0.326 e. The molecule has 1 heterocycles. The number of carbonyl (C=O) groups excluding carboxylic acids is 2. The van der Waals surface area contributed by atoms with E-state index in [4.69, 9.17) is 0 Å². The predicted octanol–water partition coefficient (Wildman–Crippen LogP) is 0.776.